The minimum Gasteiger partial charge on any atom is -0.494 e. The lowest BCUT2D eigenvalue weighted by atomic mass is 10.00. The van der Waals surface area contributed by atoms with Crippen LogP contribution in [0.4, 0.5) is 0 Å². The van der Waals surface area contributed by atoms with Gasteiger partial charge in [-0.15, -0.1) is 0 Å². The number of aromatic nitrogens is 1. The Hall–Kier alpha value is -3.23. The van der Waals surface area contributed by atoms with E-state index >= 15 is 0 Å². The Labute approximate surface area is 185 Å². The first kappa shape index (κ1) is 20.7. The van der Waals surface area contributed by atoms with Crippen LogP contribution in [-0.2, 0) is 4.74 Å². The number of amides is 1. The highest BCUT2D eigenvalue weighted by atomic mass is 16.5. The molecule has 166 valence electrons. The third kappa shape index (κ3) is 3.65. The minimum atomic E-state index is -0.528. The van der Waals surface area contributed by atoms with Gasteiger partial charge in [0.25, 0.3) is 5.91 Å². The molecule has 2 aliphatic heterocycles. The van der Waals surface area contributed by atoms with Gasteiger partial charge >= 0.3 is 0 Å². The third-order valence-electron chi connectivity index (χ3n) is 6.01. The smallest absolute Gasteiger partial charge is 0.290 e. The van der Waals surface area contributed by atoms with Gasteiger partial charge in [-0.1, -0.05) is 6.07 Å². The topological polar surface area (TPSA) is 85.1 Å². The molecule has 1 amide bonds. The molecule has 32 heavy (non-hydrogen) atoms. The molecule has 1 atom stereocenters. The van der Waals surface area contributed by atoms with Crippen molar-refractivity contribution < 1.29 is 18.7 Å². The zero-order valence-electron chi connectivity index (χ0n) is 18.0. The number of fused-ring (bicyclic) bond motifs is 2. The lowest BCUT2D eigenvalue weighted by Gasteiger charge is -2.30. The van der Waals surface area contributed by atoms with Crippen LogP contribution in [0.15, 0.2) is 51.9 Å². The van der Waals surface area contributed by atoms with E-state index in [0.717, 1.165) is 18.7 Å². The molecule has 2 aliphatic rings. The number of ether oxygens (including phenoxy) is 2. The Morgan fingerprint density at radius 2 is 2.00 bits per heavy atom. The second kappa shape index (κ2) is 8.72. The number of hydrogen-bond donors (Lipinski definition) is 0. The van der Waals surface area contributed by atoms with Crippen molar-refractivity contribution in [1.29, 1.82) is 0 Å². The van der Waals surface area contributed by atoms with Crippen molar-refractivity contribution in [2.75, 3.05) is 46.0 Å². The summed E-state index contributed by atoms with van der Waals surface area (Å²) in [5.74, 6) is 0.427. The summed E-state index contributed by atoms with van der Waals surface area (Å²) < 4.78 is 17.0. The van der Waals surface area contributed by atoms with Crippen molar-refractivity contribution in [3.05, 3.63) is 69.8 Å². The molecule has 0 bridgehead atoms. The second-order valence-electron chi connectivity index (χ2n) is 7.91. The predicted octanol–water partition coefficient (Wildman–Crippen LogP) is 2.46. The van der Waals surface area contributed by atoms with Gasteiger partial charge in [-0.3, -0.25) is 19.5 Å². The number of hydrogen-bond acceptors (Lipinski definition) is 7. The van der Waals surface area contributed by atoms with Gasteiger partial charge in [0.15, 0.2) is 5.43 Å². The number of rotatable bonds is 6. The molecule has 1 saturated heterocycles. The summed E-state index contributed by atoms with van der Waals surface area (Å²) in [4.78, 5) is 35.2. The molecule has 0 saturated carbocycles. The molecule has 4 heterocycles. The SMILES string of the molecule is CCOc1ccc2c(=O)c3c(oc2c1)C(=O)N(CCN1CCOCC1)C3c1cccnc1. The van der Waals surface area contributed by atoms with Crippen molar-refractivity contribution >= 4 is 16.9 Å². The van der Waals surface area contributed by atoms with E-state index in [9.17, 15) is 9.59 Å². The fraction of sp³-hybridized carbons (Fsp3) is 0.375. The molecule has 8 nitrogen and oxygen atoms in total. The van der Waals surface area contributed by atoms with Crippen molar-refractivity contribution in [1.82, 2.24) is 14.8 Å². The summed E-state index contributed by atoms with van der Waals surface area (Å²) in [5, 5.41) is 0.434. The highest BCUT2D eigenvalue weighted by Gasteiger charge is 2.42. The molecule has 1 unspecified atom stereocenters. The van der Waals surface area contributed by atoms with E-state index in [-0.39, 0.29) is 17.1 Å². The summed E-state index contributed by atoms with van der Waals surface area (Å²) in [5.41, 5.74) is 1.33. The van der Waals surface area contributed by atoms with E-state index in [1.807, 2.05) is 19.1 Å². The summed E-state index contributed by atoms with van der Waals surface area (Å²) >= 11 is 0. The monoisotopic (exact) mass is 435 g/mol. The molecule has 2 aromatic heterocycles. The van der Waals surface area contributed by atoms with Gasteiger partial charge in [0.1, 0.15) is 11.3 Å². The summed E-state index contributed by atoms with van der Waals surface area (Å²) in [6.45, 7) is 6.59. The van der Waals surface area contributed by atoms with Crippen LogP contribution < -0.4 is 10.2 Å². The number of morpholine rings is 1. The normalized spacial score (nSPS) is 18.8. The van der Waals surface area contributed by atoms with E-state index in [2.05, 4.69) is 9.88 Å². The largest absolute Gasteiger partial charge is 0.494 e. The lowest BCUT2D eigenvalue weighted by molar-refractivity contribution is 0.0314. The van der Waals surface area contributed by atoms with Crippen molar-refractivity contribution in [3.63, 3.8) is 0 Å². The van der Waals surface area contributed by atoms with E-state index in [1.165, 1.54) is 0 Å². The molecule has 0 radical (unpaired) electrons. The van der Waals surface area contributed by atoms with Crippen LogP contribution in [0.25, 0.3) is 11.0 Å². The van der Waals surface area contributed by atoms with Gasteiger partial charge in [0.2, 0.25) is 5.76 Å². The van der Waals surface area contributed by atoms with Crippen molar-refractivity contribution in [2.24, 2.45) is 0 Å². The van der Waals surface area contributed by atoms with Crippen LogP contribution >= 0.6 is 0 Å². The Morgan fingerprint density at radius 3 is 2.75 bits per heavy atom. The first-order chi connectivity index (χ1) is 15.7. The Kier molecular flexibility index (Phi) is 5.63. The Morgan fingerprint density at radius 1 is 1.16 bits per heavy atom. The predicted molar refractivity (Wildman–Crippen MR) is 118 cm³/mol. The Balaban J connectivity index is 1.58. The first-order valence-electron chi connectivity index (χ1n) is 10.9. The number of carbonyl (C=O) groups is 1. The van der Waals surface area contributed by atoms with Crippen LogP contribution in [0.5, 0.6) is 5.75 Å². The molecule has 8 heteroatoms. The van der Waals surface area contributed by atoms with Gasteiger partial charge in [-0.25, -0.2) is 0 Å². The van der Waals surface area contributed by atoms with E-state index < -0.39 is 6.04 Å². The van der Waals surface area contributed by atoms with Crippen LogP contribution in [0.3, 0.4) is 0 Å². The average molecular weight is 435 g/mol. The standard InChI is InChI=1S/C24H25N3O5/c1-2-31-17-5-6-18-19(14-17)32-23-20(22(18)28)21(16-4-3-7-25-15-16)27(24(23)29)9-8-26-10-12-30-13-11-26/h3-7,14-15,21H,2,8-13H2,1H3. The molecule has 3 aromatic rings. The van der Waals surface area contributed by atoms with Crippen molar-refractivity contribution in [2.45, 2.75) is 13.0 Å². The maximum absolute atomic E-state index is 13.5. The number of nitrogens with zero attached hydrogens (tertiary/aromatic N) is 3. The maximum atomic E-state index is 13.5. The van der Waals surface area contributed by atoms with E-state index in [1.54, 1.807) is 35.5 Å². The average Bonchev–Trinajstić information content (AvgIpc) is 3.11. The van der Waals surface area contributed by atoms with Gasteiger partial charge in [-0.2, -0.15) is 0 Å². The molecular formula is C24H25N3O5. The fourth-order valence-electron chi connectivity index (χ4n) is 4.44. The van der Waals surface area contributed by atoms with Crippen LogP contribution in [0.2, 0.25) is 0 Å². The highest BCUT2D eigenvalue weighted by Crippen LogP contribution is 2.38. The fourth-order valence-corrected chi connectivity index (χ4v) is 4.44. The van der Waals surface area contributed by atoms with E-state index in [0.29, 0.717) is 55.2 Å². The molecule has 1 aromatic carbocycles. The second-order valence-corrected chi connectivity index (χ2v) is 7.91. The minimum absolute atomic E-state index is 0.104. The first-order valence-corrected chi connectivity index (χ1v) is 10.9. The lowest BCUT2D eigenvalue weighted by Crippen LogP contribution is -2.42. The van der Waals surface area contributed by atoms with E-state index in [4.69, 9.17) is 13.9 Å². The number of benzene rings is 1. The zero-order valence-corrected chi connectivity index (χ0v) is 18.0. The summed E-state index contributed by atoms with van der Waals surface area (Å²) in [7, 11) is 0. The van der Waals surface area contributed by atoms with Crippen LogP contribution in [0, 0.1) is 0 Å². The van der Waals surface area contributed by atoms with Crippen LogP contribution in [0.1, 0.15) is 34.6 Å². The maximum Gasteiger partial charge on any atom is 0.290 e. The zero-order chi connectivity index (χ0) is 22.1. The van der Waals surface area contributed by atoms with Gasteiger partial charge in [0, 0.05) is 44.6 Å². The highest BCUT2D eigenvalue weighted by molar-refractivity contribution is 5.99. The number of pyridine rings is 1. The molecule has 0 N–H and O–H groups in total. The van der Waals surface area contributed by atoms with Gasteiger partial charge in [0.05, 0.1) is 36.8 Å². The number of carbonyl (C=O) groups excluding carboxylic acids is 1. The molecule has 0 spiro atoms. The molecular weight excluding hydrogens is 410 g/mol. The van der Waals surface area contributed by atoms with Gasteiger partial charge in [-0.05, 0) is 30.7 Å². The molecule has 0 aliphatic carbocycles. The molecule has 1 fully saturated rings. The summed E-state index contributed by atoms with van der Waals surface area (Å²) in [6.07, 6.45) is 3.38. The van der Waals surface area contributed by atoms with Crippen molar-refractivity contribution in [3.8, 4) is 5.75 Å². The van der Waals surface area contributed by atoms with Crippen LogP contribution in [-0.4, -0.2) is 66.7 Å². The van der Waals surface area contributed by atoms with Gasteiger partial charge < -0.3 is 18.8 Å². The third-order valence-corrected chi connectivity index (χ3v) is 6.01. The summed E-state index contributed by atoms with van der Waals surface area (Å²) in [6, 6.07) is 8.30. The quantitative estimate of drug-likeness (QED) is 0.588. The molecule has 5 rings (SSSR count). The Bertz CT molecular complexity index is 1190.